The number of aryl methyl sites for hydroxylation is 2. The van der Waals surface area contributed by atoms with Crippen molar-refractivity contribution in [2.24, 2.45) is 0 Å². The Balaban J connectivity index is 1.68. The summed E-state index contributed by atoms with van der Waals surface area (Å²) < 4.78 is 0. The molecule has 0 unspecified atom stereocenters. The molecule has 0 radical (unpaired) electrons. The first-order valence-corrected chi connectivity index (χ1v) is 8.21. The molecular formula is C18H20N4O3. The number of nitrogens with one attached hydrogen (secondary N) is 2. The maximum Gasteiger partial charge on any atom is 0.254 e. The number of aromatic nitrogens is 2. The minimum absolute atomic E-state index is 0.0154. The van der Waals surface area contributed by atoms with Gasteiger partial charge >= 0.3 is 0 Å². The molecular weight excluding hydrogens is 320 g/mol. The van der Waals surface area contributed by atoms with Crippen LogP contribution in [0.3, 0.4) is 0 Å². The number of anilines is 2. The Morgan fingerprint density at radius 2 is 2.00 bits per heavy atom. The van der Waals surface area contributed by atoms with Crippen LogP contribution in [0.1, 0.15) is 29.9 Å². The predicted octanol–water partition coefficient (Wildman–Crippen LogP) is 1.69. The third kappa shape index (κ3) is 3.60. The molecule has 0 fully saturated rings. The predicted molar refractivity (Wildman–Crippen MR) is 94.7 cm³/mol. The molecule has 0 saturated heterocycles. The summed E-state index contributed by atoms with van der Waals surface area (Å²) in [4.78, 5) is 44.8. The molecule has 7 heteroatoms. The molecule has 0 atom stereocenters. The van der Waals surface area contributed by atoms with Gasteiger partial charge in [-0.25, -0.2) is 4.98 Å². The largest absolute Gasteiger partial charge is 0.323 e. The number of H-pyrrole nitrogens is 1. The van der Waals surface area contributed by atoms with Gasteiger partial charge in [-0.1, -0.05) is 12.1 Å². The lowest BCUT2D eigenvalue weighted by molar-refractivity contribution is -0.122. The average molecular weight is 340 g/mol. The minimum atomic E-state index is -0.206. The SMILES string of the molecule is Cc1nc(C)c(CCCC(=O)N2CC(=O)Nc3ccccc32)c(=O)[nH]1. The van der Waals surface area contributed by atoms with Gasteiger partial charge in [0.25, 0.3) is 5.56 Å². The van der Waals surface area contributed by atoms with Gasteiger partial charge in [-0.3, -0.25) is 14.4 Å². The number of aromatic amines is 1. The first-order chi connectivity index (χ1) is 12.0. The molecule has 3 rings (SSSR count). The molecule has 2 aromatic rings. The molecule has 2 N–H and O–H groups in total. The molecule has 130 valence electrons. The van der Waals surface area contributed by atoms with Crippen LogP contribution in [-0.4, -0.2) is 28.3 Å². The summed E-state index contributed by atoms with van der Waals surface area (Å²) in [7, 11) is 0. The van der Waals surface area contributed by atoms with Gasteiger partial charge in [-0.05, 0) is 38.8 Å². The van der Waals surface area contributed by atoms with Crippen molar-refractivity contribution in [1.82, 2.24) is 9.97 Å². The summed E-state index contributed by atoms with van der Waals surface area (Å²) in [6.07, 6.45) is 1.25. The second-order valence-corrected chi connectivity index (χ2v) is 6.11. The molecule has 1 aliphatic heterocycles. The number of hydrogen-bond acceptors (Lipinski definition) is 4. The third-order valence-corrected chi connectivity index (χ3v) is 4.23. The summed E-state index contributed by atoms with van der Waals surface area (Å²) in [6, 6.07) is 7.23. The Morgan fingerprint density at radius 3 is 2.76 bits per heavy atom. The Kier molecular flexibility index (Phi) is 4.65. The molecule has 0 spiro atoms. The number of nitrogens with zero attached hydrogens (tertiary/aromatic N) is 2. The number of fused-ring (bicyclic) bond motifs is 1. The fraction of sp³-hybridized carbons (Fsp3) is 0.333. The van der Waals surface area contributed by atoms with Gasteiger partial charge in [0.2, 0.25) is 11.8 Å². The minimum Gasteiger partial charge on any atom is -0.323 e. The lowest BCUT2D eigenvalue weighted by atomic mass is 10.1. The average Bonchev–Trinajstić information content (AvgIpc) is 2.56. The normalized spacial score (nSPS) is 13.4. The van der Waals surface area contributed by atoms with Crippen LogP contribution in [0, 0.1) is 13.8 Å². The zero-order valence-corrected chi connectivity index (χ0v) is 14.3. The molecule has 0 aliphatic carbocycles. The molecule has 2 heterocycles. The molecule has 2 amide bonds. The van der Waals surface area contributed by atoms with E-state index in [2.05, 4.69) is 15.3 Å². The highest BCUT2D eigenvalue weighted by molar-refractivity contribution is 6.09. The molecule has 1 aliphatic rings. The number of rotatable bonds is 4. The highest BCUT2D eigenvalue weighted by atomic mass is 16.2. The van der Waals surface area contributed by atoms with Gasteiger partial charge in [0.05, 0.1) is 11.4 Å². The first-order valence-electron chi connectivity index (χ1n) is 8.21. The van der Waals surface area contributed by atoms with Crippen LogP contribution in [0.15, 0.2) is 29.1 Å². The van der Waals surface area contributed by atoms with Crippen LogP contribution in [0.2, 0.25) is 0 Å². The molecule has 7 nitrogen and oxygen atoms in total. The van der Waals surface area contributed by atoms with Crippen LogP contribution >= 0.6 is 0 Å². The van der Waals surface area contributed by atoms with E-state index in [1.165, 1.54) is 4.90 Å². The molecule has 0 saturated carbocycles. The topological polar surface area (TPSA) is 95.2 Å². The number of carbonyl (C=O) groups is 2. The van der Waals surface area contributed by atoms with Gasteiger partial charge in [-0.15, -0.1) is 0 Å². The first kappa shape index (κ1) is 16.9. The van der Waals surface area contributed by atoms with E-state index in [0.717, 1.165) is 0 Å². The van der Waals surface area contributed by atoms with Crippen LogP contribution in [0.5, 0.6) is 0 Å². The summed E-state index contributed by atoms with van der Waals surface area (Å²) in [5.41, 5.74) is 2.49. The second kappa shape index (κ2) is 6.88. The number of para-hydroxylation sites is 2. The fourth-order valence-electron chi connectivity index (χ4n) is 3.05. The summed E-state index contributed by atoms with van der Waals surface area (Å²) in [5, 5.41) is 2.76. The van der Waals surface area contributed by atoms with Gasteiger partial charge < -0.3 is 15.2 Å². The fourth-order valence-corrected chi connectivity index (χ4v) is 3.05. The van der Waals surface area contributed by atoms with Crippen molar-refractivity contribution in [3.8, 4) is 0 Å². The number of hydrogen-bond donors (Lipinski definition) is 2. The molecule has 0 bridgehead atoms. The van der Waals surface area contributed by atoms with E-state index in [-0.39, 0.29) is 30.3 Å². The highest BCUT2D eigenvalue weighted by Crippen LogP contribution is 2.29. The Morgan fingerprint density at radius 1 is 1.24 bits per heavy atom. The lowest BCUT2D eigenvalue weighted by Crippen LogP contribution is -2.42. The number of carbonyl (C=O) groups excluding carboxylic acids is 2. The van der Waals surface area contributed by atoms with Crippen molar-refractivity contribution in [2.75, 3.05) is 16.8 Å². The maximum absolute atomic E-state index is 12.6. The lowest BCUT2D eigenvalue weighted by Gasteiger charge is -2.29. The van der Waals surface area contributed by atoms with Crippen LogP contribution < -0.4 is 15.8 Å². The van der Waals surface area contributed by atoms with Gasteiger partial charge in [0.15, 0.2) is 0 Å². The maximum atomic E-state index is 12.6. The quantitative estimate of drug-likeness (QED) is 0.885. The van der Waals surface area contributed by atoms with Crippen LogP contribution in [0.4, 0.5) is 11.4 Å². The monoisotopic (exact) mass is 340 g/mol. The van der Waals surface area contributed by atoms with E-state index in [1.54, 1.807) is 19.9 Å². The van der Waals surface area contributed by atoms with Crippen molar-refractivity contribution in [1.29, 1.82) is 0 Å². The van der Waals surface area contributed by atoms with Crippen molar-refractivity contribution in [3.05, 3.63) is 51.7 Å². The van der Waals surface area contributed by atoms with E-state index in [0.29, 0.717) is 41.3 Å². The standard InChI is InChI=1S/C18H20N4O3/c1-11-13(18(25)20-12(2)19-11)6-5-9-17(24)22-10-16(23)21-14-7-3-4-8-15(14)22/h3-4,7-8H,5-6,9-10H2,1-2H3,(H,21,23)(H,19,20,25). The van der Waals surface area contributed by atoms with E-state index in [1.807, 2.05) is 18.2 Å². The van der Waals surface area contributed by atoms with Crippen molar-refractivity contribution < 1.29 is 9.59 Å². The second-order valence-electron chi connectivity index (χ2n) is 6.11. The molecule has 1 aromatic carbocycles. The smallest absolute Gasteiger partial charge is 0.254 e. The van der Waals surface area contributed by atoms with E-state index in [9.17, 15) is 14.4 Å². The summed E-state index contributed by atoms with van der Waals surface area (Å²) in [6.45, 7) is 3.55. The van der Waals surface area contributed by atoms with Crippen molar-refractivity contribution >= 4 is 23.2 Å². The van der Waals surface area contributed by atoms with Gasteiger partial charge in [0, 0.05) is 17.7 Å². The van der Waals surface area contributed by atoms with Crippen LogP contribution in [0.25, 0.3) is 0 Å². The van der Waals surface area contributed by atoms with E-state index in [4.69, 9.17) is 0 Å². The van der Waals surface area contributed by atoms with E-state index < -0.39 is 0 Å². The Bertz CT molecular complexity index is 888. The Hall–Kier alpha value is -2.96. The third-order valence-electron chi connectivity index (χ3n) is 4.23. The van der Waals surface area contributed by atoms with Gasteiger partial charge in [-0.2, -0.15) is 0 Å². The van der Waals surface area contributed by atoms with Gasteiger partial charge in [0.1, 0.15) is 12.4 Å². The number of amides is 2. The van der Waals surface area contributed by atoms with Crippen molar-refractivity contribution in [3.63, 3.8) is 0 Å². The van der Waals surface area contributed by atoms with Crippen LogP contribution in [-0.2, 0) is 16.0 Å². The zero-order chi connectivity index (χ0) is 18.0. The zero-order valence-electron chi connectivity index (χ0n) is 14.3. The van der Waals surface area contributed by atoms with Crippen molar-refractivity contribution in [2.45, 2.75) is 33.1 Å². The Labute approximate surface area is 145 Å². The summed E-state index contributed by atoms with van der Waals surface area (Å²) in [5.74, 6) is 0.247. The summed E-state index contributed by atoms with van der Waals surface area (Å²) >= 11 is 0. The van der Waals surface area contributed by atoms with E-state index >= 15 is 0 Å². The molecule has 1 aromatic heterocycles. The molecule has 25 heavy (non-hydrogen) atoms. The highest BCUT2D eigenvalue weighted by Gasteiger charge is 2.26. The number of benzene rings is 1.